The first kappa shape index (κ1) is 14.6. The second-order valence-electron chi connectivity index (χ2n) is 4.76. The highest BCUT2D eigenvalue weighted by Crippen LogP contribution is 2.17. The van der Waals surface area contributed by atoms with Crippen molar-refractivity contribution in [2.45, 2.75) is 25.3 Å². The van der Waals surface area contributed by atoms with Gasteiger partial charge in [-0.25, -0.2) is 13.1 Å². The maximum Gasteiger partial charge on any atom is 0.241 e. The van der Waals surface area contributed by atoms with Crippen molar-refractivity contribution in [3.05, 3.63) is 59.2 Å². The number of aryl methyl sites for hydroxylation is 2. The maximum atomic E-state index is 12.3. The summed E-state index contributed by atoms with van der Waals surface area (Å²) in [6, 6.07) is 11.8. The van der Waals surface area contributed by atoms with Gasteiger partial charge in [-0.2, -0.15) is 0 Å². The van der Waals surface area contributed by atoms with Crippen LogP contribution >= 0.6 is 0 Å². The summed E-state index contributed by atoms with van der Waals surface area (Å²) >= 11 is 0. The van der Waals surface area contributed by atoms with E-state index in [1.54, 1.807) is 31.2 Å². The van der Waals surface area contributed by atoms with Crippen molar-refractivity contribution in [1.82, 2.24) is 4.72 Å². The molecule has 20 heavy (non-hydrogen) atoms. The topological polar surface area (TPSA) is 66.4 Å². The minimum atomic E-state index is -3.53. The number of nitrogens with one attached hydrogen (secondary N) is 1. The highest BCUT2D eigenvalue weighted by Gasteiger charge is 2.16. The van der Waals surface area contributed by atoms with Crippen molar-refractivity contribution in [2.75, 3.05) is 0 Å². The van der Waals surface area contributed by atoms with Crippen LogP contribution in [0.2, 0.25) is 0 Å². The lowest BCUT2D eigenvalue weighted by Crippen LogP contribution is -2.24. The molecule has 0 heterocycles. The van der Waals surface area contributed by atoms with E-state index in [2.05, 4.69) is 4.72 Å². The first-order valence-electron chi connectivity index (χ1n) is 6.23. The molecule has 0 saturated carbocycles. The van der Waals surface area contributed by atoms with Gasteiger partial charge in [0.15, 0.2) is 0 Å². The Labute approximate surface area is 119 Å². The number of aromatic hydroxyl groups is 1. The van der Waals surface area contributed by atoms with Gasteiger partial charge in [0.25, 0.3) is 0 Å². The zero-order valence-corrected chi connectivity index (χ0v) is 12.2. The fraction of sp³-hybridized carbons (Fsp3) is 0.200. The molecule has 4 nitrogen and oxygen atoms in total. The Morgan fingerprint density at radius 2 is 1.70 bits per heavy atom. The fourth-order valence-electron chi connectivity index (χ4n) is 1.87. The van der Waals surface area contributed by atoms with Gasteiger partial charge >= 0.3 is 0 Å². The molecule has 0 amide bonds. The largest absolute Gasteiger partial charge is 0.508 e. The van der Waals surface area contributed by atoms with Crippen LogP contribution in [0.1, 0.15) is 16.7 Å². The van der Waals surface area contributed by atoms with Gasteiger partial charge in [-0.3, -0.25) is 0 Å². The van der Waals surface area contributed by atoms with E-state index >= 15 is 0 Å². The molecule has 0 atom stereocenters. The minimum absolute atomic E-state index is 0.158. The van der Waals surface area contributed by atoms with Crippen LogP contribution in [-0.4, -0.2) is 13.5 Å². The molecular formula is C15H17NO3S. The summed E-state index contributed by atoms with van der Waals surface area (Å²) in [4.78, 5) is 0.302. The van der Waals surface area contributed by atoms with E-state index in [9.17, 15) is 13.5 Å². The van der Waals surface area contributed by atoms with Crippen LogP contribution in [0, 0.1) is 13.8 Å². The average Bonchev–Trinajstić information content (AvgIpc) is 2.41. The third-order valence-electron chi connectivity index (χ3n) is 3.04. The Hall–Kier alpha value is -1.85. The lowest BCUT2D eigenvalue weighted by Gasteiger charge is -2.10. The Bertz CT molecular complexity index is 706. The molecule has 2 aromatic carbocycles. The van der Waals surface area contributed by atoms with Crippen molar-refractivity contribution in [3.63, 3.8) is 0 Å². The van der Waals surface area contributed by atoms with Gasteiger partial charge in [-0.05, 0) is 48.7 Å². The van der Waals surface area contributed by atoms with E-state index in [-0.39, 0.29) is 12.3 Å². The van der Waals surface area contributed by atoms with Crippen LogP contribution in [0.25, 0.3) is 0 Å². The zero-order valence-electron chi connectivity index (χ0n) is 11.4. The lowest BCUT2D eigenvalue weighted by molar-refractivity contribution is 0.475. The summed E-state index contributed by atoms with van der Waals surface area (Å²) in [7, 11) is -3.53. The van der Waals surface area contributed by atoms with Crippen LogP contribution < -0.4 is 4.72 Å². The van der Waals surface area contributed by atoms with Gasteiger partial charge < -0.3 is 5.11 Å². The molecule has 0 bridgehead atoms. The number of sulfonamides is 1. The fourth-order valence-corrected chi connectivity index (χ4v) is 3.21. The SMILES string of the molecule is Cc1ccc(C)c(S(=O)(=O)NCc2ccc(O)cc2)c1. The number of hydrogen-bond donors (Lipinski definition) is 2. The Balaban J connectivity index is 2.19. The highest BCUT2D eigenvalue weighted by molar-refractivity contribution is 7.89. The number of phenolic OH excluding ortho intramolecular Hbond substituents is 1. The Morgan fingerprint density at radius 1 is 1.05 bits per heavy atom. The van der Waals surface area contributed by atoms with Gasteiger partial charge in [-0.1, -0.05) is 24.3 Å². The molecule has 0 radical (unpaired) electrons. The van der Waals surface area contributed by atoms with Crippen LogP contribution in [0.15, 0.2) is 47.4 Å². The third kappa shape index (κ3) is 3.37. The molecule has 2 aromatic rings. The highest BCUT2D eigenvalue weighted by atomic mass is 32.2. The molecule has 106 valence electrons. The standard InChI is InChI=1S/C15H17NO3S/c1-11-3-4-12(2)15(9-11)20(18,19)16-10-13-5-7-14(17)8-6-13/h3-9,16-17H,10H2,1-2H3. The van der Waals surface area contributed by atoms with Gasteiger partial charge in [0.1, 0.15) is 5.75 Å². The summed E-state index contributed by atoms with van der Waals surface area (Å²) in [5, 5.41) is 9.19. The van der Waals surface area contributed by atoms with Crippen molar-refractivity contribution < 1.29 is 13.5 Å². The zero-order chi connectivity index (χ0) is 14.8. The normalized spacial score (nSPS) is 11.5. The Morgan fingerprint density at radius 3 is 2.35 bits per heavy atom. The predicted molar refractivity (Wildman–Crippen MR) is 78.0 cm³/mol. The smallest absolute Gasteiger partial charge is 0.241 e. The molecule has 0 aromatic heterocycles. The first-order valence-corrected chi connectivity index (χ1v) is 7.71. The minimum Gasteiger partial charge on any atom is -0.508 e. The van der Waals surface area contributed by atoms with Crippen molar-refractivity contribution >= 4 is 10.0 Å². The monoisotopic (exact) mass is 291 g/mol. The van der Waals surface area contributed by atoms with Crippen LogP contribution in [-0.2, 0) is 16.6 Å². The van der Waals surface area contributed by atoms with Crippen LogP contribution in [0.4, 0.5) is 0 Å². The molecule has 2 rings (SSSR count). The molecule has 0 aliphatic rings. The maximum absolute atomic E-state index is 12.3. The summed E-state index contributed by atoms with van der Waals surface area (Å²) in [5.41, 5.74) is 2.41. The van der Waals surface area contributed by atoms with Gasteiger partial charge in [0.2, 0.25) is 10.0 Å². The number of phenols is 1. The van der Waals surface area contributed by atoms with E-state index in [4.69, 9.17) is 0 Å². The lowest BCUT2D eigenvalue weighted by atomic mass is 10.2. The van der Waals surface area contributed by atoms with Gasteiger partial charge in [0.05, 0.1) is 4.90 Å². The Kier molecular flexibility index (Phi) is 4.11. The summed E-state index contributed by atoms with van der Waals surface area (Å²) in [5.74, 6) is 0.158. The first-order chi connectivity index (χ1) is 9.38. The average molecular weight is 291 g/mol. The predicted octanol–water partition coefficient (Wildman–Crippen LogP) is 2.49. The molecule has 0 fully saturated rings. The van der Waals surface area contributed by atoms with E-state index in [0.29, 0.717) is 10.5 Å². The van der Waals surface area contributed by atoms with Gasteiger partial charge in [-0.15, -0.1) is 0 Å². The van der Waals surface area contributed by atoms with E-state index in [1.807, 2.05) is 13.0 Å². The molecule has 5 heteroatoms. The summed E-state index contributed by atoms with van der Waals surface area (Å²) < 4.78 is 27.1. The van der Waals surface area contributed by atoms with Crippen molar-refractivity contribution in [1.29, 1.82) is 0 Å². The molecular weight excluding hydrogens is 274 g/mol. The van der Waals surface area contributed by atoms with Crippen molar-refractivity contribution in [2.24, 2.45) is 0 Å². The number of rotatable bonds is 4. The van der Waals surface area contributed by atoms with Crippen LogP contribution in [0.5, 0.6) is 5.75 Å². The molecule has 2 N–H and O–H groups in total. The number of hydrogen-bond acceptors (Lipinski definition) is 3. The van der Waals surface area contributed by atoms with E-state index in [0.717, 1.165) is 11.1 Å². The quantitative estimate of drug-likeness (QED) is 0.909. The summed E-state index contributed by atoms with van der Waals surface area (Å²) in [6.07, 6.45) is 0. The van der Waals surface area contributed by atoms with Crippen LogP contribution in [0.3, 0.4) is 0 Å². The van der Waals surface area contributed by atoms with Crippen molar-refractivity contribution in [3.8, 4) is 5.75 Å². The van der Waals surface area contributed by atoms with E-state index < -0.39 is 10.0 Å². The molecule has 0 aliphatic heterocycles. The third-order valence-corrected chi connectivity index (χ3v) is 4.58. The second-order valence-corrected chi connectivity index (χ2v) is 6.50. The summed E-state index contributed by atoms with van der Waals surface area (Å²) in [6.45, 7) is 3.82. The van der Waals surface area contributed by atoms with E-state index in [1.165, 1.54) is 12.1 Å². The molecule has 0 saturated heterocycles. The van der Waals surface area contributed by atoms with Gasteiger partial charge in [0, 0.05) is 6.54 Å². The number of benzene rings is 2. The molecule has 0 aliphatic carbocycles. The molecule has 0 spiro atoms. The second kappa shape index (κ2) is 5.64. The molecule has 0 unspecified atom stereocenters.